The lowest BCUT2D eigenvalue weighted by Crippen LogP contribution is -2.45. The van der Waals surface area contributed by atoms with Crippen molar-refractivity contribution < 1.29 is 22.8 Å². The molecule has 1 saturated carbocycles. The topological polar surface area (TPSA) is 133 Å². The Morgan fingerprint density at radius 2 is 1.42 bits per heavy atom. The van der Waals surface area contributed by atoms with Crippen LogP contribution in [-0.4, -0.2) is 32.2 Å². The summed E-state index contributed by atoms with van der Waals surface area (Å²) >= 11 is 0. The van der Waals surface area contributed by atoms with Gasteiger partial charge in [-0.2, -0.15) is 4.72 Å². The highest BCUT2D eigenvalue weighted by Crippen LogP contribution is 2.30. The van der Waals surface area contributed by atoms with Crippen LogP contribution in [0.2, 0.25) is 0 Å². The number of anilines is 2. The fourth-order valence-electron chi connectivity index (χ4n) is 3.14. The molecular formula is C23H28N4O5S. The molecule has 176 valence electrons. The van der Waals surface area contributed by atoms with Gasteiger partial charge in [0.25, 0.3) is 0 Å². The summed E-state index contributed by atoms with van der Waals surface area (Å²) < 4.78 is 27.6. The first kappa shape index (κ1) is 24.4. The Bertz CT molecular complexity index is 1130. The lowest BCUT2D eigenvalue weighted by Gasteiger charge is -2.19. The lowest BCUT2D eigenvalue weighted by molar-refractivity contribution is -0.123. The maximum atomic E-state index is 12.6. The molecule has 0 aromatic heterocycles. The van der Waals surface area contributed by atoms with E-state index in [1.165, 1.54) is 38.1 Å². The highest BCUT2D eigenvalue weighted by Gasteiger charge is 2.29. The number of sulfonamides is 1. The summed E-state index contributed by atoms with van der Waals surface area (Å²) in [7, 11) is -3.93. The summed E-state index contributed by atoms with van der Waals surface area (Å²) in [6.07, 6.45) is 1.86. The highest BCUT2D eigenvalue weighted by molar-refractivity contribution is 7.89. The Kier molecular flexibility index (Phi) is 7.50. The van der Waals surface area contributed by atoms with Crippen molar-refractivity contribution in [3.05, 3.63) is 54.1 Å². The molecule has 0 spiro atoms. The van der Waals surface area contributed by atoms with Crippen LogP contribution in [0.3, 0.4) is 0 Å². The number of benzene rings is 2. The van der Waals surface area contributed by atoms with Crippen LogP contribution in [0.1, 0.15) is 45.2 Å². The van der Waals surface area contributed by atoms with Crippen molar-refractivity contribution in [1.29, 1.82) is 0 Å². The van der Waals surface area contributed by atoms with Crippen molar-refractivity contribution >= 4 is 39.1 Å². The molecule has 1 aliphatic rings. The normalized spacial score (nSPS) is 15.2. The van der Waals surface area contributed by atoms with E-state index in [1.807, 2.05) is 0 Å². The molecule has 9 nitrogen and oxygen atoms in total. The maximum absolute atomic E-state index is 12.6. The first-order chi connectivity index (χ1) is 15.5. The van der Waals surface area contributed by atoms with Crippen molar-refractivity contribution in [1.82, 2.24) is 10.0 Å². The minimum atomic E-state index is -3.93. The zero-order valence-corrected chi connectivity index (χ0v) is 19.5. The number of nitrogens with one attached hydrogen (secondary N) is 4. The van der Waals surface area contributed by atoms with Crippen LogP contribution in [0, 0.1) is 5.92 Å². The van der Waals surface area contributed by atoms with E-state index in [0.29, 0.717) is 11.4 Å². The molecule has 2 atom stereocenters. The number of hydrogen-bond acceptors (Lipinski definition) is 5. The molecule has 2 aromatic carbocycles. The van der Waals surface area contributed by atoms with Crippen LogP contribution in [0.25, 0.3) is 0 Å². The summed E-state index contributed by atoms with van der Waals surface area (Å²) in [6, 6.07) is 11.4. The van der Waals surface area contributed by atoms with E-state index < -0.39 is 22.0 Å². The zero-order chi connectivity index (χ0) is 24.2. The van der Waals surface area contributed by atoms with E-state index in [4.69, 9.17) is 0 Å². The van der Waals surface area contributed by atoms with Gasteiger partial charge in [-0.05, 0) is 68.7 Å². The van der Waals surface area contributed by atoms with Gasteiger partial charge in [-0.15, -0.1) is 0 Å². The van der Waals surface area contributed by atoms with Crippen LogP contribution in [0.5, 0.6) is 0 Å². The highest BCUT2D eigenvalue weighted by atomic mass is 32.2. The molecule has 1 fully saturated rings. The van der Waals surface area contributed by atoms with Crippen molar-refractivity contribution in [2.45, 2.75) is 50.6 Å². The third-order valence-corrected chi connectivity index (χ3v) is 6.75. The van der Waals surface area contributed by atoms with E-state index in [2.05, 4.69) is 20.7 Å². The zero-order valence-electron chi connectivity index (χ0n) is 18.7. The molecule has 0 saturated heterocycles. The quantitative estimate of drug-likeness (QED) is 0.445. The number of rotatable bonds is 9. The van der Waals surface area contributed by atoms with E-state index in [1.54, 1.807) is 31.2 Å². The van der Waals surface area contributed by atoms with Crippen LogP contribution in [0.4, 0.5) is 11.4 Å². The molecule has 4 N–H and O–H groups in total. The fraction of sp³-hybridized carbons (Fsp3) is 0.348. The van der Waals surface area contributed by atoms with Gasteiger partial charge in [0.15, 0.2) is 0 Å². The molecule has 0 aliphatic heterocycles. The number of hydrogen-bond donors (Lipinski definition) is 4. The monoisotopic (exact) mass is 472 g/mol. The average molecular weight is 473 g/mol. The number of carbonyl (C=O) groups is 3. The Morgan fingerprint density at radius 1 is 0.879 bits per heavy atom. The van der Waals surface area contributed by atoms with Gasteiger partial charge in [-0.1, -0.05) is 12.1 Å². The smallest absolute Gasteiger partial charge is 0.241 e. The molecular weight excluding hydrogens is 444 g/mol. The second kappa shape index (κ2) is 10.1. The van der Waals surface area contributed by atoms with Crippen LogP contribution in [0.15, 0.2) is 53.4 Å². The number of carbonyl (C=O) groups excluding carboxylic acids is 3. The third kappa shape index (κ3) is 6.87. The van der Waals surface area contributed by atoms with Crippen LogP contribution >= 0.6 is 0 Å². The van der Waals surface area contributed by atoms with E-state index in [-0.39, 0.29) is 28.7 Å². The Hall–Kier alpha value is -3.24. The third-order valence-electron chi connectivity index (χ3n) is 5.20. The molecule has 2 aromatic rings. The summed E-state index contributed by atoms with van der Waals surface area (Å²) in [5, 5.41) is 8.21. The van der Waals surface area contributed by atoms with Crippen LogP contribution < -0.4 is 20.7 Å². The van der Waals surface area contributed by atoms with E-state index in [0.717, 1.165) is 18.4 Å². The Balaban J connectivity index is 1.55. The Labute approximate surface area is 193 Å². The van der Waals surface area contributed by atoms with Crippen LogP contribution in [-0.2, 0) is 24.4 Å². The second-order valence-electron chi connectivity index (χ2n) is 8.16. The van der Waals surface area contributed by atoms with Gasteiger partial charge in [-0.3, -0.25) is 14.4 Å². The molecule has 0 bridgehead atoms. The van der Waals surface area contributed by atoms with E-state index in [9.17, 15) is 22.8 Å². The number of amides is 3. The SMILES string of the molecule is CC(=O)Nc1ccc(S(=O)(=O)N[C@@H](C)C(=O)NC(C)c2ccc(NC(=O)C3CC3)cc2)cc1. The summed E-state index contributed by atoms with van der Waals surface area (Å²) in [5.41, 5.74) is 1.98. The molecule has 3 amide bonds. The van der Waals surface area contributed by atoms with Crippen molar-refractivity contribution in [3.8, 4) is 0 Å². The second-order valence-corrected chi connectivity index (χ2v) is 9.88. The van der Waals surface area contributed by atoms with Gasteiger partial charge < -0.3 is 16.0 Å². The van der Waals surface area contributed by atoms with Gasteiger partial charge in [-0.25, -0.2) is 8.42 Å². The largest absolute Gasteiger partial charge is 0.348 e. The first-order valence-electron chi connectivity index (χ1n) is 10.7. The van der Waals surface area contributed by atoms with Gasteiger partial charge in [0, 0.05) is 24.2 Å². The first-order valence-corrected chi connectivity index (χ1v) is 12.1. The van der Waals surface area contributed by atoms with E-state index >= 15 is 0 Å². The molecule has 3 rings (SSSR count). The van der Waals surface area contributed by atoms with Gasteiger partial charge in [0.2, 0.25) is 27.7 Å². The molecule has 33 heavy (non-hydrogen) atoms. The molecule has 0 heterocycles. The fourth-order valence-corrected chi connectivity index (χ4v) is 4.34. The molecule has 0 radical (unpaired) electrons. The summed E-state index contributed by atoms with van der Waals surface area (Å²) in [6.45, 7) is 4.61. The minimum absolute atomic E-state index is 0.0202. The average Bonchev–Trinajstić information content (AvgIpc) is 3.59. The summed E-state index contributed by atoms with van der Waals surface area (Å²) in [4.78, 5) is 35.5. The minimum Gasteiger partial charge on any atom is -0.348 e. The predicted octanol–water partition coefficient (Wildman–Crippen LogP) is 2.54. The molecule has 1 unspecified atom stereocenters. The predicted molar refractivity (Wildman–Crippen MR) is 125 cm³/mol. The van der Waals surface area contributed by atoms with Gasteiger partial charge >= 0.3 is 0 Å². The maximum Gasteiger partial charge on any atom is 0.241 e. The van der Waals surface area contributed by atoms with Crippen molar-refractivity contribution in [2.24, 2.45) is 5.92 Å². The standard InChI is InChI=1S/C23H28N4O5S/c1-14(17-6-8-20(9-7-17)26-23(30)18-4-5-18)24-22(29)15(2)27-33(31,32)21-12-10-19(11-13-21)25-16(3)28/h6-15,18,27H,4-5H2,1-3H3,(H,24,29)(H,25,28)(H,26,30)/t14?,15-/m0/s1. The van der Waals surface area contributed by atoms with Crippen molar-refractivity contribution in [3.63, 3.8) is 0 Å². The van der Waals surface area contributed by atoms with Gasteiger partial charge in [0.1, 0.15) is 0 Å². The Morgan fingerprint density at radius 3 is 1.97 bits per heavy atom. The summed E-state index contributed by atoms with van der Waals surface area (Å²) in [5.74, 6) is -0.605. The lowest BCUT2D eigenvalue weighted by atomic mass is 10.1. The van der Waals surface area contributed by atoms with Gasteiger partial charge in [0.05, 0.1) is 17.0 Å². The van der Waals surface area contributed by atoms with Crippen molar-refractivity contribution in [2.75, 3.05) is 10.6 Å². The molecule has 1 aliphatic carbocycles. The molecule has 10 heteroatoms.